The third-order valence-corrected chi connectivity index (χ3v) is 4.46. The molecule has 0 radical (unpaired) electrons. The van der Waals surface area contributed by atoms with Gasteiger partial charge in [0.25, 0.3) is 5.91 Å². The fourth-order valence-corrected chi connectivity index (χ4v) is 2.96. The molecule has 5 heteroatoms. The van der Waals surface area contributed by atoms with Gasteiger partial charge in [0.2, 0.25) is 0 Å². The maximum absolute atomic E-state index is 11.9. The van der Waals surface area contributed by atoms with Crippen LogP contribution in [0.15, 0.2) is 43.0 Å². The molecule has 1 aliphatic carbocycles. The largest absolute Gasteiger partial charge is 0.490 e. The van der Waals surface area contributed by atoms with Crippen LogP contribution in [0.3, 0.4) is 0 Å². The summed E-state index contributed by atoms with van der Waals surface area (Å²) < 4.78 is 10.4. The number of rotatable bonds is 8. The summed E-state index contributed by atoms with van der Waals surface area (Å²) in [5, 5.41) is 2.96. The van der Waals surface area contributed by atoms with Gasteiger partial charge in [-0.2, -0.15) is 0 Å². The van der Waals surface area contributed by atoms with E-state index in [9.17, 15) is 9.59 Å². The van der Waals surface area contributed by atoms with Gasteiger partial charge in [0.05, 0.1) is 0 Å². The molecule has 1 amide bonds. The Morgan fingerprint density at radius 3 is 2.65 bits per heavy atom. The van der Waals surface area contributed by atoms with Crippen molar-refractivity contribution in [3.05, 3.63) is 48.6 Å². The van der Waals surface area contributed by atoms with Gasteiger partial charge in [-0.05, 0) is 42.5 Å². The monoisotopic (exact) mass is 357 g/mol. The van der Waals surface area contributed by atoms with E-state index in [0.717, 1.165) is 30.6 Å². The summed E-state index contributed by atoms with van der Waals surface area (Å²) >= 11 is 0. The van der Waals surface area contributed by atoms with Gasteiger partial charge in [0.15, 0.2) is 6.61 Å². The van der Waals surface area contributed by atoms with Gasteiger partial charge < -0.3 is 14.8 Å². The Labute approximate surface area is 155 Å². The summed E-state index contributed by atoms with van der Waals surface area (Å²) in [7, 11) is 0. The van der Waals surface area contributed by atoms with E-state index in [1.165, 1.54) is 12.5 Å². The Morgan fingerprint density at radius 2 is 1.96 bits per heavy atom. The SMILES string of the molecule is C=CCOc1ccc(/C=C/C(=O)OCC(=O)NC2CCCCC2C)cc1. The molecule has 2 atom stereocenters. The predicted octanol–water partition coefficient (Wildman–Crippen LogP) is 3.50. The van der Waals surface area contributed by atoms with E-state index >= 15 is 0 Å². The molecule has 0 aliphatic heterocycles. The Balaban J connectivity index is 1.72. The normalized spacial score (nSPS) is 19.7. The van der Waals surface area contributed by atoms with Gasteiger partial charge in [-0.25, -0.2) is 4.79 Å². The fraction of sp³-hybridized carbons (Fsp3) is 0.429. The summed E-state index contributed by atoms with van der Waals surface area (Å²) in [6, 6.07) is 7.48. The molecule has 1 N–H and O–H groups in total. The van der Waals surface area contributed by atoms with Crippen LogP contribution in [0.2, 0.25) is 0 Å². The van der Waals surface area contributed by atoms with E-state index < -0.39 is 5.97 Å². The second kappa shape index (κ2) is 10.4. The molecular formula is C21H27NO4. The molecule has 0 spiro atoms. The molecule has 1 aromatic carbocycles. The summed E-state index contributed by atoms with van der Waals surface area (Å²) in [6.07, 6.45) is 9.10. The van der Waals surface area contributed by atoms with Crippen LogP contribution in [0, 0.1) is 5.92 Å². The van der Waals surface area contributed by atoms with E-state index in [0.29, 0.717) is 12.5 Å². The van der Waals surface area contributed by atoms with E-state index in [1.54, 1.807) is 12.2 Å². The topological polar surface area (TPSA) is 64.6 Å². The number of ether oxygens (including phenoxy) is 2. The molecule has 1 aromatic rings. The van der Waals surface area contributed by atoms with Gasteiger partial charge in [-0.3, -0.25) is 4.79 Å². The van der Waals surface area contributed by atoms with Crippen molar-refractivity contribution < 1.29 is 19.1 Å². The molecule has 2 rings (SSSR count). The summed E-state index contributed by atoms with van der Waals surface area (Å²) in [5.74, 6) is 0.429. The molecule has 0 aromatic heterocycles. The molecule has 1 saturated carbocycles. The average Bonchev–Trinajstić information content (AvgIpc) is 2.65. The molecule has 1 fully saturated rings. The van der Waals surface area contributed by atoms with Gasteiger partial charge in [0, 0.05) is 12.1 Å². The second-order valence-electron chi connectivity index (χ2n) is 6.55. The lowest BCUT2D eigenvalue weighted by Crippen LogP contribution is -2.42. The van der Waals surface area contributed by atoms with E-state index in [1.807, 2.05) is 24.3 Å². The highest BCUT2D eigenvalue weighted by molar-refractivity contribution is 5.89. The molecule has 140 valence electrons. The van der Waals surface area contributed by atoms with Crippen molar-refractivity contribution >= 4 is 18.0 Å². The van der Waals surface area contributed by atoms with Crippen molar-refractivity contribution in [3.8, 4) is 5.75 Å². The molecule has 1 aliphatic rings. The van der Waals surface area contributed by atoms with Crippen molar-refractivity contribution in [1.82, 2.24) is 5.32 Å². The minimum absolute atomic E-state index is 0.187. The lowest BCUT2D eigenvalue weighted by atomic mass is 9.86. The van der Waals surface area contributed by atoms with Crippen LogP contribution in [0.5, 0.6) is 5.75 Å². The molecule has 0 heterocycles. The minimum atomic E-state index is -0.538. The maximum Gasteiger partial charge on any atom is 0.331 e. The van der Waals surface area contributed by atoms with Crippen LogP contribution in [-0.4, -0.2) is 31.1 Å². The van der Waals surface area contributed by atoms with Crippen LogP contribution in [0.4, 0.5) is 0 Å². The zero-order chi connectivity index (χ0) is 18.8. The quantitative estimate of drug-likeness (QED) is 0.439. The number of carbonyl (C=O) groups excluding carboxylic acids is 2. The number of hydrogen-bond acceptors (Lipinski definition) is 4. The first-order valence-electron chi connectivity index (χ1n) is 9.06. The number of benzene rings is 1. The smallest absolute Gasteiger partial charge is 0.331 e. The minimum Gasteiger partial charge on any atom is -0.490 e. The molecule has 5 nitrogen and oxygen atoms in total. The zero-order valence-electron chi connectivity index (χ0n) is 15.3. The van der Waals surface area contributed by atoms with Crippen molar-refractivity contribution in [3.63, 3.8) is 0 Å². The summed E-state index contributed by atoms with van der Waals surface area (Å²) in [6.45, 7) is 5.94. The van der Waals surface area contributed by atoms with E-state index in [-0.39, 0.29) is 18.6 Å². The van der Waals surface area contributed by atoms with Crippen LogP contribution in [-0.2, 0) is 14.3 Å². The maximum atomic E-state index is 11.9. The lowest BCUT2D eigenvalue weighted by Gasteiger charge is -2.29. The highest BCUT2D eigenvalue weighted by Gasteiger charge is 2.22. The lowest BCUT2D eigenvalue weighted by molar-refractivity contribution is -0.144. The van der Waals surface area contributed by atoms with Crippen molar-refractivity contribution in [1.29, 1.82) is 0 Å². The Kier molecular flexibility index (Phi) is 7.93. The first-order valence-corrected chi connectivity index (χ1v) is 9.06. The van der Waals surface area contributed by atoms with Crippen LogP contribution < -0.4 is 10.1 Å². The second-order valence-corrected chi connectivity index (χ2v) is 6.55. The number of hydrogen-bond donors (Lipinski definition) is 1. The number of carbonyl (C=O) groups is 2. The number of amides is 1. The average molecular weight is 357 g/mol. The van der Waals surface area contributed by atoms with Gasteiger partial charge in [-0.15, -0.1) is 0 Å². The van der Waals surface area contributed by atoms with Crippen LogP contribution >= 0.6 is 0 Å². The third-order valence-electron chi connectivity index (χ3n) is 4.46. The molecule has 0 bridgehead atoms. The standard InChI is InChI=1S/C21H27NO4/c1-3-14-25-18-11-8-17(9-12-18)10-13-21(24)26-15-20(23)22-19-7-5-4-6-16(19)2/h3,8-13,16,19H,1,4-7,14-15H2,2H3,(H,22,23)/b13-10+. The third kappa shape index (κ3) is 6.75. The predicted molar refractivity (Wildman–Crippen MR) is 102 cm³/mol. The highest BCUT2D eigenvalue weighted by Crippen LogP contribution is 2.23. The van der Waals surface area contributed by atoms with Crippen molar-refractivity contribution in [2.24, 2.45) is 5.92 Å². The first kappa shape index (κ1) is 19.8. The van der Waals surface area contributed by atoms with Gasteiger partial charge in [0.1, 0.15) is 12.4 Å². The Morgan fingerprint density at radius 1 is 1.23 bits per heavy atom. The Hall–Kier alpha value is -2.56. The molecule has 0 saturated heterocycles. The highest BCUT2D eigenvalue weighted by atomic mass is 16.5. The van der Waals surface area contributed by atoms with Crippen molar-refractivity contribution in [2.45, 2.75) is 38.6 Å². The van der Waals surface area contributed by atoms with Gasteiger partial charge >= 0.3 is 5.97 Å². The molecular weight excluding hydrogens is 330 g/mol. The van der Waals surface area contributed by atoms with E-state index in [2.05, 4.69) is 18.8 Å². The number of nitrogens with one attached hydrogen (secondary N) is 1. The van der Waals surface area contributed by atoms with Crippen LogP contribution in [0.1, 0.15) is 38.2 Å². The molecule has 26 heavy (non-hydrogen) atoms. The Bertz CT molecular complexity index is 636. The molecule has 2 unspecified atom stereocenters. The van der Waals surface area contributed by atoms with Gasteiger partial charge in [-0.1, -0.05) is 44.6 Å². The van der Waals surface area contributed by atoms with Crippen LogP contribution in [0.25, 0.3) is 6.08 Å². The zero-order valence-corrected chi connectivity index (χ0v) is 15.3. The van der Waals surface area contributed by atoms with E-state index in [4.69, 9.17) is 9.47 Å². The van der Waals surface area contributed by atoms with Crippen molar-refractivity contribution in [2.75, 3.05) is 13.2 Å². The fourth-order valence-electron chi connectivity index (χ4n) is 2.96. The number of esters is 1. The first-order chi connectivity index (χ1) is 12.6. The summed E-state index contributed by atoms with van der Waals surface area (Å²) in [4.78, 5) is 23.7. The summed E-state index contributed by atoms with van der Waals surface area (Å²) in [5.41, 5.74) is 0.841.